The monoisotopic (exact) mass is 336 g/mol. The molecule has 23 heavy (non-hydrogen) atoms. The average molecular weight is 336 g/mol. The lowest BCUT2D eigenvalue weighted by Gasteiger charge is -2.19. The molecular weight excluding hydrogens is 316 g/mol. The molecule has 2 rings (SSSR count). The third-order valence-corrected chi connectivity index (χ3v) is 4.34. The minimum absolute atomic E-state index is 0.106. The van der Waals surface area contributed by atoms with E-state index in [0.717, 1.165) is 0 Å². The molecule has 0 aliphatic rings. The Morgan fingerprint density at radius 1 is 1.17 bits per heavy atom. The van der Waals surface area contributed by atoms with Crippen LogP contribution in [0, 0.1) is 5.41 Å². The van der Waals surface area contributed by atoms with Gasteiger partial charge in [-0.05, 0) is 36.4 Å². The molecule has 0 fully saturated rings. The molecule has 1 heterocycles. The quantitative estimate of drug-likeness (QED) is 0.672. The molecule has 0 radical (unpaired) electrons. The van der Waals surface area contributed by atoms with Gasteiger partial charge in [0.05, 0.1) is 18.3 Å². The summed E-state index contributed by atoms with van der Waals surface area (Å²) in [7, 11) is -2.25. The Hall–Kier alpha value is -2.28. The summed E-state index contributed by atoms with van der Waals surface area (Å²) in [6.45, 7) is 5.78. The lowest BCUT2D eigenvalue weighted by molar-refractivity contribution is 0.414. The van der Waals surface area contributed by atoms with Gasteiger partial charge in [-0.25, -0.2) is 0 Å². The van der Waals surface area contributed by atoms with Crippen LogP contribution < -0.4 is 9.57 Å². The van der Waals surface area contributed by atoms with Gasteiger partial charge < -0.3 is 9.15 Å². The maximum absolute atomic E-state index is 12.3. The first-order chi connectivity index (χ1) is 10.7. The number of methoxy groups -OCH3 is 1. The Balaban J connectivity index is 2.30. The van der Waals surface area contributed by atoms with E-state index in [9.17, 15) is 8.42 Å². The lowest BCUT2D eigenvalue weighted by Crippen LogP contribution is -2.27. The second-order valence-electron chi connectivity index (χ2n) is 5.96. The minimum atomic E-state index is -3.77. The highest BCUT2D eigenvalue weighted by molar-refractivity contribution is 7.89. The van der Waals surface area contributed by atoms with Crippen LogP contribution in [0.25, 0.3) is 0 Å². The zero-order valence-electron chi connectivity index (χ0n) is 13.5. The Labute approximate surface area is 136 Å². The summed E-state index contributed by atoms with van der Waals surface area (Å²) < 4.78 is 35.0. The predicted octanol–water partition coefficient (Wildman–Crippen LogP) is 3.02. The number of furan rings is 1. The molecule has 0 unspecified atom stereocenters. The second kappa shape index (κ2) is 6.45. The first-order valence-corrected chi connectivity index (χ1v) is 8.50. The number of nitrogens with zero attached hydrogens (tertiary/aromatic N) is 1. The highest BCUT2D eigenvalue weighted by atomic mass is 32.2. The van der Waals surface area contributed by atoms with Crippen LogP contribution in [0.2, 0.25) is 0 Å². The van der Waals surface area contributed by atoms with Crippen molar-refractivity contribution in [3.8, 4) is 5.75 Å². The van der Waals surface area contributed by atoms with E-state index in [4.69, 9.17) is 9.15 Å². The van der Waals surface area contributed by atoms with E-state index in [1.165, 1.54) is 25.5 Å². The van der Waals surface area contributed by atoms with Crippen molar-refractivity contribution in [2.75, 3.05) is 7.11 Å². The van der Waals surface area contributed by atoms with Gasteiger partial charge in [0.1, 0.15) is 17.2 Å². The standard InChI is InChI=1S/C16H20N2O4S/c1-16(2,3)15(14-6-5-11-22-14)17-18-23(19,20)13-9-7-12(21-4)8-10-13/h5-11,18H,1-4H3/b17-15-. The predicted molar refractivity (Wildman–Crippen MR) is 88.0 cm³/mol. The van der Waals surface area contributed by atoms with Crippen LogP contribution in [0.15, 0.2) is 57.1 Å². The largest absolute Gasteiger partial charge is 0.497 e. The molecule has 0 aliphatic heterocycles. The maximum atomic E-state index is 12.3. The van der Waals surface area contributed by atoms with Crippen LogP contribution in [0.4, 0.5) is 0 Å². The molecule has 0 amide bonds. The lowest BCUT2D eigenvalue weighted by atomic mass is 9.88. The molecule has 0 saturated carbocycles. The normalized spacial score (nSPS) is 13.0. The van der Waals surface area contributed by atoms with Crippen LogP contribution in [0.1, 0.15) is 26.5 Å². The number of hydrogen-bond donors (Lipinski definition) is 1. The molecule has 1 N–H and O–H groups in total. The fourth-order valence-electron chi connectivity index (χ4n) is 1.92. The number of hydrogen-bond acceptors (Lipinski definition) is 5. The Kier molecular flexibility index (Phi) is 4.79. The third kappa shape index (κ3) is 4.13. The van der Waals surface area contributed by atoms with E-state index in [2.05, 4.69) is 9.93 Å². The minimum Gasteiger partial charge on any atom is -0.497 e. The molecule has 1 aromatic heterocycles. The summed E-state index contributed by atoms with van der Waals surface area (Å²) in [6, 6.07) is 9.55. The van der Waals surface area contributed by atoms with Gasteiger partial charge >= 0.3 is 0 Å². The van der Waals surface area contributed by atoms with Crippen LogP contribution in [0.5, 0.6) is 5.75 Å². The number of nitrogens with one attached hydrogen (secondary N) is 1. The van der Waals surface area contributed by atoms with Crippen LogP contribution in [-0.2, 0) is 10.0 Å². The maximum Gasteiger partial charge on any atom is 0.276 e. The number of hydrazone groups is 1. The molecule has 0 spiro atoms. The van der Waals surface area contributed by atoms with Crippen molar-refractivity contribution in [2.45, 2.75) is 25.7 Å². The molecule has 0 bridgehead atoms. The van der Waals surface area contributed by atoms with Gasteiger partial charge in [0, 0.05) is 5.41 Å². The Morgan fingerprint density at radius 2 is 1.83 bits per heavy atom. The first-order valence-electron chi connectivity index (χ1n) is 7.02. The topological polar surface area (TPSA) is 80.9 Å². The number of sulfonamides is 1. The van der Waals surface area contributed by atoms with Gasteiger partial charge in [-0.15, -0.1) is 0 Å². The van der Waals surface area contributed by atoms with Gasteiger partial charge in [0.2, 0.25) is 0 Å². The van der Waals surface area contributed by atoms with Gasteiger partial charge in [0.25, 0.3) is 10.0 Å². The van der Waals surface area contributed by atoms with Crippen molar-refractivity contribution < 1.29 is 17.6 Å². The van der Waals surface area contributed by atoms with Crippen LogP contribution >= 0.6 is 0 Å². The van der Waals surface area contributed by atoms with E-state index < -0.39 is 10.0 Å². The van der Waals surface area contributed by atoms with E-state index in [1.807, 2.05) is 20.8 Å². The highest BCUT2D eigenvalue weighted by Crippen LogP contribution is 2.22. The summed E-state index contributed by atoms with van der Waals surface area (Å²) in [6.07, 6.45) is 1.52. The van der Waals surface area contributed by atoms with Gasteiger partial charge in [-0.3, -0.25) is 0 Å². The molecule has 1 aromatic carbocycles. The molecular formula is C16H20N2O4S. The zero-order valence-corrected chi connectivity index (χ0v) is 14.3. The molecule has 0 saturated heterocycles. The number of ether oxygens (including phenoxy) is 1. The Bertz CT molecular complexity index is 770. The smallest absolute Gasteiger partial charge is 0.276 e. The summed E-state index contributed by atoms with van der Waals surface area (Å²) >= 11 is 0. The number of rotatable bonds is 5. The average Bonchev–Trinajstić information content (AvgIpc) is 3.00. The first kappa shape index (κ1) is 17.1. The van der Waals surface area contributed by atoms with Gasteiger partial charge in [0.15, 0.2) is 0 Å². The van der Waals surface area contributed by atoms with E-state index in [0.29, 0.717) is 17.2 Å². The summed E-state index contributed by atoms with van der Waals surface area (Å²) in [5.74, 6) is 1.10. The summed E-state index contributed by atoms with van der Waals surface area (Å²) in [5.41, 5.74) is 0.125. The fraction of sp³-hybridized carbons (Fsp3) is 0.312. The van der Waals surface area contributed by atoms with Crippen LogP contribution in [-0.4, -0.2) is 21.2 Å². The summed E-state index contributed by atoms with van der Waals surface area (Å²) in [5, 5.41) is 4.08. The molecule has 124 valence electrons. The summed E-state index contributed by atoms with van der Waals surface area (Å²) in [4.78, 5) is 2.37. The molecule has 6 nitrogen and oxygen atoms in total. The van der Waals surface area contributed by atoms with Gasteiger partial charge in [-0.1, -0.05) is 20.8 Å². The van der Waals surface area contributed by atoms with Crippen molar-refractivity contribution in [1.29, 1.82) is 0 Å². The SMILES string of the molecule is COc1ccc(S(=O)(=O)N/N=C(/c2ccco2)C(C)(C)C)cc1. The highest BCUT2D eigenvalue weighted by Gasteiger charge is 2.24. The van der Waals surface area contributed by atoms with Gasteiger partial charge in [-0.2, -0.15) is 18.4 Å². The van der Waals surface area contributed by atoms with Crippen molar-refractivity contribution in [1.82, 2.24) is 4.83 Å². The third-order valence-electron chi connectivity index (χ3n) is 3.11. The zero-order chi connectivity index (χ0) is 17.1. The van der Waals surface area contributed by atoms with E-state index in [-0.39, 0.29) is 10.3 Å². The van der Waals surface area contributed by atoms with Crippen molar-refractivity contribution in [3.05, 3.63) is 48.4 Å². The molecule has 2 aromatic rings. The van der Waals surface area contributed by atoms with Crippen molar-refractivity contribution in [2.24, 2.45) is 10.5 Å². The molecule has 7 heteroatoms. The number of benzene rings is 1. The Morgan fingerprint density at radius 3 is 2.30 bits per heavy atom. The van der Waals surface area contributed by atoms with Crippen molar-refractivity contribution in [3.63, 3.8) is 0 Å². The van der Waals surface area contributed by atoms with Crippen molar-refractivity contribution >= 4 is 15.7 Å². The van der Waals surface area contributed by atoms with Crippen LogP contribution in [0.3, 0.4) is 0 Å². The fourth-order valence-corrected chi connectivity index (χ4v) is 2.73. The molecule has 0 aliphatic carbocycles. The molecule has 0 atom stereocenters. The van der Waals surface area contributed by atoms with E-state index in [1.54, 1.807) is 24.3 Å². The second-order valence-corrected chi connectivity index (χ2v) is 7.62. The van der Waals surface area contributed by atoms with E-state index >= 15 is 0 Å².